The first kappa shape index (κ1) is 25.4. The van der Waals surface area contributed by atoms with Gasteiger partial charge in [-0.1, -0.05) is 0 Å². The number of hydrogen-bond donors (Lipinski definition) is 0. The summed E-state index contributed by atoms with van der Waals surface area (Å²) in [6, 6.07) is 19.7. The molecule has 0 aliphatic heterocycles. The average Bonchev–Trinajstić information content (AvgIpc) is 2.74. The molecule has 3 aromatic carbocycles. The van der Waals surface area contributed by atoms with E-state index in [0.717, 1.165) is 11.4 Å². The van der Waals surface area contributed by atoms with E-state index in [1.54, 1.807) is 91.6 Å². The molecule has 0 heterocycles. The highest BCUT2D eigenvalue weighted by Crippen LogP contribution is 2.62. The van der Waals surface area contributed by atoms with Crippen LogP contribution in [0.15, 0.2) is 92.4 Å². The van der Waals surface area contributed by atoms with Crippen LogP contribution in [0.4, 0.5) is 0 Å². The van der Waals surface area contributed by atoms with Gasteiger partial charge in [-0.3, -0.25) is 0 Å². The normalized spacial score (nSPS) is 15.9. The van der Waals surface area contributed by atoms with Crippen molar-refractivity contribution < 1.29 is 27.3 Å². The Morgan fingerprint density at radius 3 is 1.25 bits per heavy atom. The quantitative estimate of drug-likeness (QED) is 0.276. The predicted octanol–water partition coefficient (Wildman–Crippen LogP) is 5.26. The monoisotopic (exact) mass is 528 g/mol. The Kier molecular flexibility index (Phi) is 8.94. The smallest absolute Gasteiger partial charge is 0.497 e. The summed E-state index contributed by atoms with van der Waals surface area (Å²) in [4.78, 5) is 2.50. The van der Waals surface area contributed by atoms with E-state index in [-0.39, 0.29) is 0 Å². The van der Waals surface area contributed by atoms with Gasteiger partial charge in [0.25, 0.3) is 0 Å². The van der Waals surface area contributed by atoms with Crippen molar-refractivity contribution in [3.63, 3.8) is 0 Å². The van der Waals surface area contributed by atoms with E-state index in [2.05, 4.69) is 0 Å². The molecular formula is C21H21O6PS4. The summed E-state index contributed by atoms with van der Waals surface area (Å²) in [6.07, 6.45) is 4.72. The standard InChI is InChI=1S/C21H21O6PS4/c1-30(23)19-10-4-16(5-11-19)26-28(22,27-17-6-12-20(13-7-17)31(2)24)29-18-8-14-21(15-9-18)32(3)25/h4-15H,1-3H3. The lowest BCUT2D eigenvalue weighted by atomic mass is 10.3. The molecule has 32 heavy (non-hydrogen) atoms. The predicted molar refractivity (Wildman–Crippen MR) is 131 cm³/mol. The van der Waals surface area contributed by atoms with Crippen LogP contribution in [0.3, 0.4) is 0 Å². The average molecular weight is 529 g/mol. The summed E-state index contributed by atoms with van der Waals surface area (Å²) < 4.78 is 60.1. The van der Waals surface area contributed by atoms with Crippen LogP contribution < -0.4 is 9.05 Å². The molecule has 0 aliphatic carbocycles. The Hall–Kier alpha value is -1.23. The summed E-state index contributed by atoms with van der Waals surface area (Å²) in [5.41, 5.74) is 0. The maximum absolute atomic E-state index is 13.7. The molecule has 0 aliphatic rings. The van der Waals surface area contributed by atoms with Gasteiger partial charge in [0.05, 0.1) is 0 Å². The number of rotatable bonds is 9. The SMILES string of the molecule is C[S+]([O-])c1ccc(OP(=O)(Oc2ccc([S+](C)[O-])cc2)Sc2ccc([S+](C)[O-])cc2)cc1. The third kappa shape index (κ3) is 7.13. The van der Waals surface area contributed by atoms with Crippen molar-refractivity contribution in [3.05, 3.63) is 72.8 Å². The van der Waals surface area contributed by atoms with E-state index in [9.17, 15) is 18.2 Å². The molecule has 11 heteroatoms. The minimum absolute atomic E-state index is 0.299. The topological polar surface area (TPSA) is 105 Å². The van der Waals surface area contributed by atoms with Gasteiger partial charge in [0.15, 0.2) is 14.7 Å². The molecule has 170 valence electrons. The van der Waals surface area contributed by atoms with E-state index in [1.165, 1.54) is 0 Å². The molecule has 0 aromatic heterocycles. The maximum atomic E-state index is 13.7. The molecule has 0 saturated heterocycles. The van der Waals surface area contributed by atoms with Crippen LogP contribution in [0.2, 0.25) is 0 Å². The molecule has 3 atom stereocenters. The van der Waals surface area contributed by atoms with Crippen LogP contribution in [0.5, 0.6) is 11.5 Å². The largest absolute Gasteiger partial charge is 0.612 e. The van der Waals surface area contributed by atoms with Gasteiger partial charge in [-0.15, -0.1) is 0 Å². The minimum atomic E-state index is -3.81. The van der Waals surface area contributed by atoms with Crippen LogP contribution in [0, 0.1) is 0 Å². The molecule has 0 N–H and O–H groups in total. The summed E-state index contributed by atoms with van der Waals surface area (Å²) in [5.74, 6) is 0.597. The van der Waals surface area contributed by atoms with E-state index in [1.807, 2.05) is 0 Å². The van der Waals surface area contributed by atoms with Gasteiger partial charge in [0.2, 0.25) is 0 Å². The zero-order valence-electron chi connectivity index (χ0n) is 17.5. The second kappa shape index (κ2) is 11.3. The first-order chi connectivity index (χ1) is 15.1. The number of benzene rings is 3. The second-order valence-corrected chi connectivity index (χ2v) is 14.4. The van der Waals surface area contributed by atoms with Gasteiger partial charge in [-0.05, 0) is 106 Å². The van der Waals surface area contributed by atoms with E-state index >= 15 is 0 Å². The molecule has 6 nitrogen and oxygen atoms in total. The summed E-state index contributed by atoms with van der Waals surface area (Å²) >= 11 is -2.51. The molecule has 0 radical (unpaired) electrons. The van der Waals surface area contributed by atoms with Crippen molar-refractivity contribution in [2.24, 2.45) is 0 Å². The van der Waals surface area contributed by atoms with E-state index < -0.39 is 40.3 Å². The van der Waals surface area contributed by atoms with Gasteiger partial charge in [0.1, 0.15) is 30.3 Å². The highest BCUT2D eigenvalue weighted by atomic mass is 32.7. The Balaban J connectivity index is 1.87. The molecule has 0 amide bonds. The fraction of sp³-hybridized carbons (Fsp3) is 0.143. The molecule has 0 spiro atoms. The first-order valence-electron chi connectivity index (χ1n) is 9.14. The fourth-order valence-electron chi connectivity index (χ4n) is 2.52. The molecule has 3 unspecified atom stereocenters. The van der Waals surface area contributed by atoms with Crippen LogP contribution in [0.1, 0.15) is 0 Å². The zero-order valence-corrected chi connectivity index (χ0v) is 21.6. The molecule has 0 bridgehead atoms. The van der Waals surface area contributed by atoms with E-state index in [0.29, 0.717) is 31.1 Å². The zero-order chi connectivity index (χ0) is 23.3. The van der Waals surface area contributed by atoms with E-state index in [4.69, 9.17) is 9.05 Å². The lowest BCUT2D eigenvalue weighted by molar-refractivity contribution is 0.408. The van der Waals surface area contributed by atoms with Gasteiger partial charge >= 0.3 is 6.80 Å². The first-order valence-corrected chi connectivity index (χ1v) is 16.8. The maximum Gasteiger partial charge on any atom is 0.497 e. The Bertz CT molecular complexity index is 920. The van der Waals surface area contributed by atoms with Gasteiger partial charge in [0, 0.05) is 16.3 Å². The fourth-order valence-corrected chi connectivity index (χ4v) is 7.35. The summed E-state index contributed by atoms with van der Waals surface area (Å²) in [5, 5.41) is 0. The highest BCUT2D eigenvalue weighted by molar-refractivity contribution is 8.55. The van der Waals surface area contributed by atoms with Gasteiger partial charge in [-0.25, -0.2) is 4.57 Å². The third-order valence-electron chi connectivity index (χ3n) is 4.12. The van der Waals surface area contributed by atoms with Crippen LogP contribution in [0.25, 0.3) is 0 Å². The lowest BCUT2D eigenvalue weighted by Crippen LogP contribution is -2.01. The van der Waals surface area contributed by atoms with Crippen molar-refractivity contribution in [2.75, 3.05) is 18.8 Å². The van der Waals surface area contributed by atoms with Crippen LogP contribution >= 0.6 is 18.2 Å². The molecular weight excluding hydrogens is 507 g/mol. The lowest BCUT2D eigenvalue weighted by Gasteiger charge is -2.19. The molecule has 3 aromatic rings. The third-order valence-corrected chi connectivity index (χ3v) is 10.3. The van der Waals surface area contributed by atoms with Crippen molar-refractivity contribution in [3.8, 4) is 11.5 Å². The van der Waals surface area contributed by atoms with Gasteiger partial charge < -0.3 is 22.7 Å². The Morgan fingerprint density at radius 2 is 0.938 bits per heavy atom. The second-order valence-electron chi connectivity index (χ2n) is 6.50. The van der Waals surface area contributed by atoms with Crippen LogP contribution in [-0.2, 0) is 38.1 Å². The Morgan fingerprint density at radius 1 is 0.625 bits per heavy atom. The molecule has 3 rings (SSSR count). The minimum Gasteiger partial charge on any atom is -0.612 e. The molecule has 0 fully saturated rings. The van der Waals surface area contributed by atoms with Crippen molar-refractivity contribution in [1.29, 1.82) is 0 Å². The van der Waals surface area contributed by atoms with Crippen molar-refractivity contribution >= 4 is 51.7 Å². The van der Waals surface area contributed by atoms with Crippen molar-refractivity contribution in [2.45, 2.75) is 19.6 Å². The summed E-state index contributed by atoms with van der Waals surface area (Å²) in [7, 11) is 0. The number of hydrogen-bond acceptors (Lipinski definition) is 7. The van der Waals surface area contributed by atoms with Gasteiger partial charge in [-0.2, -0.15) is 0 Å². The Labute approximate surface area is 200 Å². The highest BCUT2D eigenvalue weighted by Gasteiger charge is 2.31. The molecule has 0 saturated carbocycles. The summed E-state index contributed by atoms with van der Waals surface area (Å²) in [6.45, 7) is -3.81. The van der Waals surface area contributed by atoms with Crippen LogP contribution in [-0.4, -0.2) is 32.4 Å². The van der Waals surface area contributed by atoms with Crippen molar-refractivity contribution in [1.82, 2.24) is 0 Å².